The number of carbonyl (C=O) groups excluding carboxylic acids is 1. The van der Waals surface area contributed by atoms with Gasteiger partial charge in [-0.3, -0.25) is 4.79 Å². The molecule has 1 amide bonds. The zero-order chi connectivity index (χ0) is 13.0. The van der Waals surface area contributed by atoms with Crippen LogP contribution in [0.2, 0.25) is 0 Å². The SMILES string of the molecule is CSc1ccccc1CC(=O)N1CCCCC1C. The van der Waals surface area contributed by atoms with Gasteiger partial charge in [-0.15, -0.1) is 11.8 Å². The fourth-order valence-corrected chi connectivity index (χ4v) is 3.20. The number of carbonyl (C=O) groups is 1. The van der Waals surface area contributed by atoms with E-state index in [4.69, 9.17) is 0 Å². The Morgan fingerprint density at radius 1 is 1.39 bits per heavy atom. The van der Waals surface area contributed by atoms with E-state index in [1.807, 2.05) is 12.1 Å². The lowest BCUT2D eigenvalue weighted by Crippen LogP contribution is -2.42. The van der Waals surface area contributed by atoms with Gasteiger partial charge in [0, 0.05) is 17.5 Å². The first-order chi connectivity index (χ1) is 8.72. The van der Waals surface area contributed by atoms with Gasteiger partial charge in [0.15, 0.2) is 0 Å². The van der Waals surface area contributed by atoms with Crippen LogP contribution in [0.4, 0.5) is 0 Å². The highest BCUT2D eigenvalue weighted by atomic mass is 32.2. The molecule has 1 atom stereocenters. The fraction of sp³-hybridized carbons (Fsp3) is 0.533. The van der Waals surface area contributed by atoms with Crippen molar-refractivity contribution in [3.05, 3.63) is 29.8 Å². The summed E-state index contributed by atoms with van der Waals surface area (Å²) in [6.07, 6.45) is 6.16. The Balaban J connectivity index is 2.06. The lowest BCUT2D eigenvalue weighted by Gasteiger charge is -2.33. The van der Waals surface area contributed by atoms with Crippen molar-refractivity contribution >= 4 is 17.7 Å². The maximum absolute atomic E-state index is 12.4. The molecule has 1 aliphatic heterocycles. The molecular formula is C15H21NOS. The van der Waals surface area contributed by atoms with Crippen molar-refractivity contribution in [2.75, 3.05) is 12.8 Å². The Kier molecular flexibility index (Phi) is 4.70. The lowest BCUT2D eigenvalue weighted by molar-refractivity contribution is -0.133. The Morgan fingerprint density at radius 2 is 2.17 bits per heavy atom. The average Bonchev–Trinajstić information content (AvgIpc) is 2.39. The molecule has 0 aromatic heterocycles. The zero-order valence-corrected chi connectivity index (χ0v) is 12.0. The van der Waals surface area contributed by atoms with Crippen LogP contribution in [-0.2, 0) is 11.2 Å². The van der Waals surface area contributed by atoms with E-state index >= 15 is 0 Å². The van der Waals surface area contributed by atoms with Crippen LogP contribution in [0.1, 0.15) is 31.7 Å². The van der Waals surface area contributed by atoms with Crippen LogP contribution in [0.15, 0.2) is 29.2 Å². The topological polar surface area (TPSA) is 20.3 Å². The van der Waals surface area contributed by atoms with Crippen LogP contribution in [-0.4, -0.2) is 29.6 Å². The van der Waals surface area contributed by atoms with Gasteiger partial charge in [-0.2, -0.15) is 0 Å². The Bertz CT molecular complexity index is 419. The number of likely N-dealkylation sites (tertiary alicyclic amines) is 1. The lowest BCUT2D eigenvalue weighted by atomic mass is 10.0. The number of amides is 1. The Morgan fingerprint density at radius 3 is 2.89 bits per heavy atom. The predicted octanol–water partition coefficient (Wildman–Crippen LogP) is 3.35. The number of rotatable bonds is 3. The summed E-state index contributed by atoms with van der Waals surface area (Å²) in [6.45, 7) is 3.10. The molecule has 0 spiro atoms. The minimum atomic E-state index is 0.281. The van der Waals surface area contributed by atoms with Crippen molar-refractivity contribution in [3.8, 4) is 0 Å². The normalized spacial score (nSPS) is 19.9. The molecule has 1 saturated heterocycles. The van der Waals surface area contributed by atoms with Crippen LogP contribution in [0.5, 0.6) is 0 Å². The summed E-state index contributed by atoms with van der Waals surface area (Å²) in [5, 5.41) is 0. The van der Waals surface area contributed by atoms with Crippen LogP contribution in [0.25, 0.3) is 0 Å². The van der Waals surface area contributed by atoms with Crippen LogP contribution in [0, 0.1) is 0 Å². The summed E-state index contributed by atoms with van der Waals surface area (Å²) in [5.74, 6) is 0.281. The first kappa shape index (κ1) is 13.5. The van der Waals surface area contributed by atoms with Gasteiger partial charge < -0.3 is 4.90 Å². The molecule has 98 valence electrons. The third kappa shape index (κ3) is 3.08. The van der Waals surface area contributed by atoms with Crippen molar-refractivity contribution in [2.45, 2.75) is 43.5 Å². The van der Waals surface area contributed by atoms with Gasteiger partial charge in [0.05, 0.1) is 6.42 Å². The van der Waals surface area contributed by atoms with Crippen LogP contribution < -0.4 is 0 Å². The maximum Gasteiger partial charge on any atom is 0.227 e. The molecule has 0 aliphatic carbocycles. The number of benzene rings is 1. The molecule has 1 aliphatic rings. The number of nitrogens with zero attached hydrogens (tertiary/aromatic N) is 1. The number of thioether (sulfide) groups is 1. The zero-order valence-electron chi connectivity index (χ0n) is 11.2. The van der Waals surface area contributed by atoms with Crippen molar-refractivity contribution < 1.29 is 4.79 Å². The first-order valence-electron chi connectivity index (χ1n) is 6.63. The minimum Gasteiger partial charge on any atom is -0.340 e. The van der Waals surface area contributed by atoms with E-state index in [0.717, 1.165) is 24.9 Å². The third-order valence-corrected chi connectivity index (χ3v) is 4.50. The molecule has 1 aromatic rings. The molecule has 3 heteroatoms. The van der Waals surface area contributed by atoms with Crippen molar-refractivity contribution in [2.24, 2.45) is 0 Å². The predicted molar refractivity (Wildman–Crippen MR) is 77.0 cm³/mol. The van der Waals surface area contributed by atoms with Gasteiger partial charge in [-0.05, 0) is 44.1 Å². The monoisotopic (exact) mass is 263 g/mol. The minimum absolute atomic E-state index is 0.281. The third-order valence-electron chi connectivity index (χ3n) is 3.66. The summed E-state index contributed by atoms with van der Waals surface area (Å²) < 4.78 is 0. The molecule has 1 heterocycles. The van der Waals surface area contributed by atoms with Gasteiger partial charge in [-0.25, -0.2) is 0 Å². The van der Waals surface area contributed by atoms with E-state index in [1.165, 1.54) is 11.3 Å². The quantitative estimate of drug-likeness (QED) is 0.779. The summed E-state index contributed by atoms with van der Waals surface area (Å²) >= 11 is 1.71. The molecule has 2 rings (SSSR count). The molecule has 1 aromatic carbocycles. The molecule has 0 saturated carbocycles. The van der Waals surface area contributed by atoms with E-state index in [2.05, 4.69) is 30.2 Å². The molecule has 0 radical (unpaired) electrons. The molecule has 0 N–H and O–H groups in total. The summed E-state index contributed by atoms with van der Waals surface area (Å²) in [6, 6.07) is 8.61. The second kappa shape index (κ2) is 6.28. The first-order valence-corrected chi connectivity index (χ1v) is 7.86. The second-order valence-corrected chi connectivity index (χ2v) is 5.77. The van der Waals surface area contributed by atoms with Gasteiger partial charge in [-0.1, -0.05) is 18.2 Å². The van der Waals surface area contributed by atoms with E-state index in [-0.39, 0.29) is 5.91 Å². The highest BCUT2D eigenvalue weighted by Crippen LogP contribution is 2.22. The molecular weight excluding hydrogens is 242 g/mol. The van der Waals surface area contributed by atoms with E-state index in [9.17, 15) is 4.79 Å². The van der Waals surface area contributed by atoms with Gasteiger partial charge in [0.2, 0.25) is 5.91 Å². The van der Waals surface area contributed by atoms with Crippen LogP contribution >= 0.6 is 11.8 Å². The number of hydrogen-bond acceptors (Lipinski definition) is 2. The van der Waals surface area contributed by atoms with Crippen LogP contribution in [0.3, 0.4) is 0 Å². The van der Waals surface area contributed by atoms with Gasteiger partial charge in [0.25, 0.3) is 0 Å². The van der Waals surface area contributed by atoms with E-state index in [0.29, 0.717) is 12.5 Å². The Labute approximate surface area is 114 Å². The van der Waals surface area contributed by atoms with Crippen molar-refractivity contribution in [1.29, 1.82) is 0 Å². The summed E-state index contributed by atoms with van der Waals surface area (Å²) in [4.78, 5) is 15.6. The standard InChI is InChI=1S/C15H21NOS/c1-12-7-5-6-10-16(12)15(17)11-13-8-3-4-9-14(13)18-2/h3-4,8-9,12H,5-7,10-11H2,1-2H3. The number of piperidine rings is 1. The van der Waals surface area contributed by atoms with Crippen molar-refractivity contribution in [3.63, 3.8) is 0 Å². The molecule has 2 nitrogen and oxygen atoms in total. The highest BCUT2D eigenvalue weighted by molar-refractivity contribution is 7.98. The second-order valence-electron chi connectivity index (χ2n) is 4.92. The van der Waals surface area contributed by atoms with Crippen molar-refractivity contribution in [1.82, 2.24) is 4.90 Å². The maximum atomic E-state index is 12.4. The average molecular weight is 263 g/mol. The summed E-state index contributed by atoms with van der Waals surface area (Å²) in [5.41, 5.74) is 1.16. The molecule has 1 fully saturated rings. The largest absolute Gasteiger partial charge is 0.340 e. The smallest absolute Gasteiger partial charge is 0.227 e. The molecule has 1 unspecified atom stereocenters. The fourth-order valence-electron chi connectivity index (χ4n) is 2.58. The van der Waals surface area contributed by atoms with Gasteiger partial charge in [0.1, 0.15) is 0 Å². The molecule has 18 heavy (non-hydrogen) atoms. The number of hydrogen-bond donors (Lipinski definition) is 0. The Hall–Kier alpha value is -0.960. The highest BCUT2D eigenvalue weighted by Gasteiger charge is 2.23. The van der Waals surface area contributed by atoms with E-state index < -0.39 is 0 Å². The summed E-state index contributed by atoms with van der Waals surface area (Å²) in [7, 11) is 0. The van der Waals surface area contributed by atoms with Gasteiger partial charge >= 0.3 is 0 Å². The molecule has 0 bridgehead atoms. The van der Waals surface area contributed by atoms with E-state index in [1.54, 1.807) is 11.8 Å².